The van der Waals surface area contributed by atoms with E-state index in [4.69, 9.17) is 9.73 Å². The number of aryl methyl sites for hydroxylation is 3. The molecule has 4 nitrogen and oxygen atoms in total. The first kappa shape index (κ1) is 17.4. The summed E-state index contributed by atoms with van der Waals surface area (Å²) in [5, 5.41) is 2.21. The molecular weight excluding hydrogens is 318 g/mol. The van der Waals surface area contributed by atoms with Crippen LogP contribution in [-0.2, 0) is 11.3 Å². The molecule has 2 aromatic rings. The zero-order valence-corrected chi connectivity index (χ0v) is 15.7. The highest BCUT2D eigenvalue weighted by Crippen LogP contribution is 2.19. The molecule has 2 heterocycles. The lowest BCUT2D eigenvalue weighted by atomic mass is 10.1. The van der Waals surface area contributed by atoms with Crippen molar-refractivity contribution in [2.45, 2.75) is 33.7 Å². The largest absolute Gasteiger partial charge is 0.379 e. The molecule has 1 aliphatic heterocycles. The summed E-state index contributed by atoms with van der Waals surface area (Å²) in [6.45, 7) is 12.5. The lowest BCUT2D eigenvalue weighted by Crippen LogP contribution is -2.37. The van der Waals surface area contributed by atoms with E-state index in [1.807, 2.05) is 0 Å². The summed E-state index contributed by atoms with van der Waals surface area (Å²) in [6, 6.07) is 6.45. The smallest absolute Gasteiger partial charge is 0.190 e. The third kappa shape index (κ3) is 4.35. The second kappa shape index (κ2) is 8.10. The van der Waals surface area contributed by atoms with Gasteiger partial charge in [0, 0.05) is 37.3 Å². The van der Waals surface area contributed by atoms with Gasteiger partial charge in [0.1, 0.15) is 0 Å². The average Bonchev–Trinajstić information content (AvgIpc) is 2.92. The zero-order valence-electron chi connectivity index (χ0n) is 14.9. The lowest BCUT2D eigenvalue weighted by Gasteiger charge is -2.26. The number of ether oxygens (including phenoxy) is 1. The van der Waals surface area contributed by atoms with Crippen molar-refractivity contribution in [3.63, 3.8) is 0 Å². The lowest BCUT2D eigenvalue weighted by molar-refractivity contribution is 0.0369. The van der Waals surface area contributed by atoms with Crippen molar-refractivity contribution in [3.05, 3.63) is 45.2 Å². The van der Waals surface area contributed by atoms with Crippen LogP contribution in [-0.4, -0.2) is 42.3 Å². The van der Waals surface area contributed by atoms with E-state index < -0.39 is 0 Å². The van der Waals surface area contributed by atoms with Crippen molar-refractivity contribution in [1.29, 1.82) is 0 Å². The van der Waals surface area contributed by atoms with E-state index in [0.717, 1.165) is 56.3 Å². The normalized spacial score (nSPS) is 16.7. The fourth-order valence-electron chi connectivity index (χ4n) is 3.09. The quantitative estimate of drug-likeness (QED) is 0.831. The Morgan fingerprint density at radius 1 is 1.12 bits per heavy atom. The SMILES string of the molecule is Cc1ccc(N=c2scc(C)n2CCCN2CCOCC2)c(C)c1. The van der Waals surface area contributed by atoms with Crippen molar-refractivity contribution < 1.29 is 4.74 Å². The van der Waals surface area contributed by atoms with Crippen molar-refractivity contribution >= 4 is 17.0 Å². The Bertz CT molecular complexity index is 741. The molecule has 1 aromatic heterocycles. The summed E-state index contributed by atoms with van der Waals surface area (Å²) >= 11 is 1.73. The molecule has 1 fully saturated rings. The van der Waals surface area contributed by atoms with Gasteiger partial charge in [0.05, 0.1) is 18.9 Å². The van der Waals surface area contributed by atoms with E-state index in [9.17, 15) is 0 Å². The van der Waals surface area contributed by atoms with Gasteiger partial charge in [0.2, 0.25) is 0 Å². The van der Waals surface area contributed by atoms with Gasteiger partial charge in [-0.15, -0.1) is 11.3 Å². The number of nitrogens with zero attached hydrogens (tertiary/aromatic N) is 3. The van der Waals surface area contributed by atoms with Crippen LogP contribution in [0.2, 0.25) is 0 Å². The minimum atomic E-state index is 0.873. The van der Waals surface area contributed by atoms with Crippen LogP contribution in [0.3, 0.4) is 0 Å². The first-order valence-corrected chi connectivity index (χ1v) is 9.58. The first-order chi connectivity index (χ1) is 11.6. The zero-order chi connectivity index (χ0) is 16.9. The Kier molecular flexibility index (Phi) is 5.87. The van der Waals surface area contributed by atoms with Crippen LogP contribution in [0.1, 0.15) is 23.2 Å². The Labute approximate surface area is 148 Å². The van der Waals surface area contributed by atoms with Crippen LogP contribution in [0.25, 0.3) is 0 Å². The molecule has 0 atom stereocenters. The van der Waals surface area contributed by atoms with Gasteiger partial charge in [0.25, 0.3) is 0 Å². The van der Waals surface area contributed by atoms with Gasteiger partial charge in [0.15, 0.2) is 4.80 Å². The molecule has 0 radical (unpaired) electrons. The van der Waals surface area contributed by atoms with Crippen LogP contribution >= 0.6 is 11.3 Å². The molecular formula is C19H27N3OS. The van der Waals surface area contributed by atoms with Gasteiger partial charge in [-0.3, -0.25) is 4.90 Å². The van der Waals surface area contributed by atoms with Gasteiger partial charge < -0.3 is 9.30 Å². The average molecular weight is 346 g/mol. The summed E-state index contributed by atoms with van der Waals surface area (Å²) in [4.78, 5) is 8.51. The summed E-state index contributed by atoms with van der Waals surface area (Å²) in [6.07, 6.45) is 1.15. The molecule has 24 heavy (non-hydrogen) atoms. The standard InChI is InChI=1S/C19H27N3OS/c1-15-5-6-18(16(2)13-15)20-19-22(17(3)14-24-19)8-4-7-21-9-11-23-12-10-21/h5-6,13-14H,4,7-12H2,1-3H3. The Morgan fingerprint density at radius 2 is 1.92 bits per heavy atom. The van der Waals surface area contributed by atoms with Crippen LogP contribution in [0.4, 0.5) is 5.69 Å². The number of hydrogen-bond acceptors (Lipinski definition) is 4. The summed E-state index contributed by atoms with van der Waals surface area (Å²) in [7, 11) is 0. The summed E-state index contributed by atoms with van der Waals surface area (Å²) in [5.41, 5.74) is 4.89. The summed E-state index contributed by atoms with van der Waals surface area (Å²) in [5.74, 6) is 0. The monoisotopic (exact) mass is 345 g/mol. The third-order valence-corrected chi connectivity index (χ3v) is 5.50. The fourth-order valence-corrected chi connectivity index (χ4v) is 4.00. The molecule has 0 spiro atoms. The minimum absolute atomic E-state index is 0.873. The molecule has 1 saturated heterocycles. The van der Waals surface area contributed by atoms with E-state index in [0.29, 0.717) is 0 Å². The van der Waals surface area contributed by atoms with E-state index in [-0.39, 0.29) is 0 Å². The highest BCUT2D eigenvalue weighted by Gasteiger charge is 2.10. The van der Waals surface area contributed by atoms with Crippen LogP contribution in [0.15, 0.2) is 28.6 Å². The van der Waals surface area contributed by atoms with Gasteiger partial charge in [-0.1, -0.05) is 17.7 Å². The van der Waals surface area contributed by atoms with E-state index >= 15 is 0 Å². The number of aromatic nitrogens is 1. The van der Waals surface area contributed by atoms with Gasteiger partial charge >= 0.3 is 0 Å². The predicted octanol–water partition coefficient (Wildman–Crippen LogP) is 3.43. The molecule has 0 saturated carbocycles. The van der Waals surface area contributed by atoms with E-state index in [1.54, 1.807) is 11.3 Å². The maximum Gasteiger partial charge on any atom is 0.190 e. The highest BCUT2D eigenvalue weighted by molar-refractivity contribution is 7.07. The second-order valence-corrected chi connectivity index (χ2v) is 7.36. The molecule has 0 bridgehead atoms. The first-order valence-electron chi connectivity index (χ1n) is 8.70. The topological polar surface area (TPSA) is 29.8 Å². The molecule has 0 N–H and O–H groups in total. The minimum Gasteiger partial charge on any atom is -0.379 e. The maximum absolute atomic E-state index is 5.42. The van der Waals surface area contributed by atoms with Crippen LogP contribution in [0.5, 0.6) is 0 Å². The van der Waals surface area contributed by atoms with Crippen molar-refractivity contribution in [1.82, 2.24) is 9.47 Å². The maximum atomic E-state index is 5.42. The second-order valence-electron chi connectivity index (χ2n) is 6.52. The number of rotatable bonds is 5. The molecule has 0 aliphatic carbocycles. The van der Waals surface area contributed by atoms with Crippen molar-refractivity contribution in [2.75, 3.05) is 32.8 Å². The molecule has 0 unspecified atom stereocenters. The van der Waals surface area contributed by atoms with Gasteiger partial charge in [-0.05, 0) is 38.8 Å². The van der Waals surface area contributed by atoms with E-state index in [2.05, 4.69) is 53.8 Å². The Hall–Kier alpha value is -1.43. The molecule has 3 rings (SSSR count). The van der Waals surface area contributed by atoms with E-state index in [1.165, 1.54) is 16.8 Å². The molecule has 1 aromatic carbocycles. The van der Waals surface area contributed by atoms with Gasteiger partial charge in [-0.2, -0.15) is 0 Å². The number of hydrogen-bond donors (Lipinski definition) is 0. The van der Waals surface area contributed by atoms with Crippen LogP contribution in [0, 0.1) is 20.8 Å². The third-order valence-electron chi connectivity index (χ3n) is 4.52. The highest BCUT2D eigenvalue weighted by atomic mass is 32.1. The molecule has 5 heteroatoms. The molecule has 130 valence electrons. The predicted molar refractivity (Wildman–Crippen MR) is 100 cm³/mol. The number of thiazole rings is 1. The van der Waals surface area contributed by atoms with Crippen LogP contribution < -0.4 is 4.80 Å². The Morgan fingerprint density at radius 3 is 2.67 bits per heavy atom. The van der Waals surface area contributed by atoms with Crippen molar-refractivity contribution in [2.24, 2.45) is 4.99 Å². The van der Waals surface area contributed by atoms with Gasteiger partial charge in [-0.25, -0.2) is 4.99 Å². The number of benzene rings is 1. The summed E-state index contributed by atoms with van der Waals surface area (Å²) < 4.78 is 7.77. The van der Waals surface area contributed by atoms with Crippen molar-refractivity contribution in [3.8, 4) is 0 Å². The molecule has 0 amide bonds. The fraction of sp³-hybridized carbons (Fsp3) is 0.526. The number of morpholine rings is 1. The Balaban J connectivity index is 1.72. The molecule has 1 aliphatic rings.